The summed E-state index contributed by atoms with van der Waals surface area (Å²) in [6.07, 6.45) is 0.735. The van der Waals surface area contributed by atoms with Crippen molar-refractivity contribution in [2.24, 2.45) is 0 Å². The number of benzene rings is 1. The van der Waals surface area contributed by atoms with Crippen LogP contribution < -0.4 is 10.6 Å². The standard InChI is InChI=1S/C15H19BrN2O2S2/c16-12-4-2-11(3-5-12)14(19)17-6-1-7-18-15(20)13-10-21-8-9-22-13/h2-5,13H,1,6-10H2,(H,17,19)(H,18,20). The van der Waals surface area contributed by atoms with Gasteiger partial charge in [-0.1, -0.05) is 15.9 Å². The van der Waals surface area contributed by atoms with Crippen LogP contribution in [0, 0.1) is 0 Å². The topological polar surface area (TPSA) is 58.2 Å². The minimum atomic E-state index is -0.0851. The van der Waals surface area contributed by atoms with Gasteiger partial charge in [0.15, 0.2) is 0 Å². The molecule has 7 heteroatoms. The van der Waals surface area contributed by atoms with Gasteiger partial charge in [-0.2, -0.15) is 11.8 Å². The van der Waals surface area contributed by atoms with Crippen molar-refractivity contribution in [3.8, 4) is 0 Å². The second kappa shape index (κ2) is 9.47. The Balaban J connectivity index is 1.59. The fourth-order valence-electron chi connectivity index (χ4n) is 1.96. The third-order valence-corrected chi connectivity index (χ3v) is 6.44. The molecule has 1 unspecified atom stereocenters. The summed E-state index contributed by atoms with van der Waals surface area (Å²) in [7, 11) is 0. The lowest BCUT2D eigenvalue weighted by molar-refractivity contribution is -0.120. The van der Waals surface area contributed by atoms with E-state index in [2.05, 4.69) is 26.6 Å². The number of nitrogens with one attached hydrogen (secondary N) is 2. The molecule has 2 N–H and O–H groups in total. The van der Waals surface area contributed by atoms with Crippen LogP contribution in [0.3, 0.4) is 0 Å². The van der Waals surface area contributed by atoms with Crippen molar-refractivity contribution in [2.75, 3.05) is 30.3 Å². The second-order valence-electron chi connectivity index (χ2n) is 4.84. The molecule has 1 heterocycles. The molecule has 0 bridgehead atoms. The van der Waals surface area contributed by atoms with Crippen molar-refractivity contribution in [1.82, 2.24) is 10.6 Å². The average Bonchev–Trinajstić information content (AvgIpc) is 2.55. The largest absolute Gasteiger partial charge is 0.355 e. The molecule has 0 aromatic heterocycles. The van der Waals surface area contributed by atoms with Crippen LogP contribution >= 0.6 is 39.5 Å². The summed E-state index contributed by atoms with van der Waals surface area (Å²) in [4.78, 5) is 23.8. The molecule has 22 heavy (non-hydrogen) atoms. The Kier molecular flexibility index (Phi) is 7.62. The fourth-order valence-corrected chi connectivity index (χ4v) is 4.80. The van der Waals surface area contributed by atoms with Crippen LogP contribution in [0.4, 0.5) is 0 Å². The first-order valence-electron chi connectivity index (χ1n) is 7.17. The van der Waals surface area contributed by atoms with E-state index in [0.29, 0.717) is 18.7 Å². The van der Waals surface area contributed by atoms with Crippen LogP contribution in [-0.4, -0.2) is 47.4 Å². The normalized spacial score (nSPS) is 17.8. The summed E-state index contributed by atoms with van der Waals surface area (Å²) >= 11 is 6.91. The molecule has 0 spiro atoms. The third-order valence-electron chi connectivity index (χ3n) is 3.15. The number of carbonyl (C=O) groups is 2. The van der Waals surface area contributed by atoms with Crippen LogP contribution in [0.2, 0.25) is 0 Å². The zero-order valence-electron chi connectivity index (χ0n) is 12.1. The van der Waals surface area contributed by atoms with Gasteiger partial charge < -0.3 is 10.6 Å². The molecule has 1 aromatic rings. The van der Waals surface area contributed by atoms with Crippen LogP contribution in [-0.2, 0) is 4.79 Å². The quantitative estimate of drug-likeness (QED) is 0.717. The van der Waals surface area contributed by atoms with Crippen molar-refractivity contribution in [3.63, 3.8) is 0 Å². The Bertz CT molecular complexity index is 505. The summed E-state index contributed by atoms with van der Waals surface area (Å²) in [6, 6.07) is 7.24. The van der Waals surface area contributed by atoms with Crippen LogP contribution in [0.1, 0.15) is 16.8 Å². The number of hydrogen-bond acceptors (Lipinski definition) is 4. The Morgan fingerprint density at radius 1 is 1.14 bits per heavy atom. The molecule has 0 aliphatic carbocycles. The molecule has 0 saturated carbocycles. The first-order valence-corrected chi connectivity index (χ1v) is 10.2. The van der Waals surface area contributed by atoms with E-state index in [1.54, 1.807) is 23.9 Å². The number of hydrogen-bond donors (Lipinski definition) is 2. The summed E-state index contributed by atoms with van der Waals surface area (Å²) in [5.41, 5.74) is 0.642. The molecule has 0 radical (unpaired) electrons. The molecule has 1 atom stereocenters. The summed E-state index contributed by atoms with van der Waals surface area (Å²) in [5.74, 6) is 3.12. The van der Waals surface area contributed by atoms with E-state index >= 15 is 0 Å². The molecule has 1 aromatic carbocycles. The van der Waals surface area contributed by atoms with Crippen molar-refractivity contribution < 1.29 is 9.59 Å². The molecule has 1 aliphatic heterocycles. The monoisotopic (exact) mass is 402 g/mol. The molecular formula is C15H19BrN2O2S2. The van der Waals surface area contributed by atoms with Crippen LogP contribution in [0.5, 0.6) is 0 Å². The number of rotatable bonds is 6. The highest BCUT2D eigenvalue weighted by Gasteiger charge is 2.21. The van der Waals surface area contributed by atoms with Gasteiger partial charge in [0.2, 0.25) is 5.91 Å². The van der Waals surface area contributed by atoms with E-state index in [0.717, 1.165) is 28.2 Å². The summed E-state index contributed by atoms with van der Waals surface area (Å²) in [5, 5.41) is 5.88. The van der Waals surface area contributed by atoms with Gasteiger partial charge in [-0.25, -0.2) is 0 Å². The maximum atomic E-state index is 11.9. The van der Waals surface area contributed by atoms with Gasteiger partial charge >= 0.3 is 0 Å². The maximum Gasteiger partial charge on any atom is 0.251 e. The highest BCUT2D eigenvalue weighted by atomic mass is 79.9. The molecule has 2 amide bonds. The molecule has 1 aliphatic rings. The molecule has 4 nitrogen and oxygen atoms in total. The maximum absolute atomic E-state index is 11.9. The number of amides is 2. The van der Waals surface area contributed by atoms with E-state index in [1.165, 1.54) is 0 Å². The van der Waals surface area contributed by atoms with E-state index < -0.39 is 0 Å². The number of halogens is 1. The Hall–Kier alpha value is -0.660. The van der Waals surface area contributed by atoms with E-state index in [9.17, 15) is 9.59 Å². The smallest absolute Gasteiger partial charge is 0.251 e. The zero-order chi connectivity index (χ0) is 15.8. The summed E-state index contributed by atoms with van der Waals surface area (Å²) < 4.78 is 0.950. The first-order chi connectivity index (χ1) is 10.7. The fraction of sp³-hybridized carbons (Fsp3) is 0.467. The van der Waals surface area contributed by atoms with E-state index in [1.807, 2.05) is 23.9 Å². The van der Waals surface area contributed by atoms with Crippen molar-refractivity contribution in [3.05, 3.63) is 34.3 Å². The lowest BCUT2D eigenvalue weighted by Crippen LogP contribution is -2.37. The van der Waals surface area contributed by atoms with Gasteiger partial charge in [0, 0.05) is 40.4 Å². The molecule has 120 valence electrons. The highest BCUT2D eigenvalue weighted by molar-refractivity contribution is 9.10. The first kappa shape index (κ1) is 17.7. The van der Waals surface area contributed by atoms with Crippen molar-refractivity contribution in [2.45, 2.75) is 11.7 Å². The average molecular weight is 403 g/mol. The van der Waals surface area contributed by atoms with Crippen LogP contribution in [0.15, 0.2) is 28.7 Å². The minimum absolute atomic E-state index is 0.0797. The molecular weight excluding hydrogens is 384 g/mol. The molecule has 2 rings (SSSR count). The van der Waals surface area contributed by atoms with Gasteiger partial charge in [0.25, 0.3) is 5.91 Å². The predicted molar refractivity (Wildman–Crippen MR) is 97.7 cm³/mol. The SMILES string of the molecule is O=C(NCCCNC(=O)C1CSCCS1)c1ccc(Br)cc1. The van der Waals surface area contributed by atoms with Gasteiger partial charge in [0.05, 0.1) is 5.25 Å². The van der Waals surface area contributed by atoms with Gasteiger partial charge in [-0.3, -0.25) is 9.59 Å². The van der Waals surface area contributed by atoms with Gasteiger partial charge in [0.1, 0.15) is 0 Å². The van der Waals surface area contributed by atoms with Crippen molar-refractivity contribution >= 4 is 51.3 Å². The number of thioether (sulfide) groups is 2. The predicted octanol–water partition coefficient (Wildman–Crippen LogP) is 2.53. The van der Waals surface area contributed by atoms with Crippen molar-refractivity contribution in [1.29, 1.82) is 0 Å². The van der Waals surface area contributed by atoms with E-state index in [-0.39, 0.29) is 17.1 Å². The lowest BCUT2D eigenvalue weighted by atomic mass is 10.2. The second-order valence-corrected chi connectivity index (χ2v) is 8.22. The molecule has 1 fully saturated rings. The Labute approximate surface area is 147 Å². The highest BCUT2D eigenvalue weighted by Crippen LogP contribution is 2.23. The minimum Gasteiger partial charge on any atom is -0.355 e. The Morgan fingerprint density at radius 3 is 2.55 bits per heavy atom. The number of carbonyl (C=O) groups excluding carboxylic acids is 2. The van der Waals surface area contributed by atoms with Crippen LogP contribution in [0.25, 0.3) is 0 Å². The molecule has 1 saturated heterocycles. The van der Waals surface area contributed by atoms with E-state index in [4.69, 9.17) is 0 Å². The zero-order valence-corrected chi connectivity index (χ0v) is 15.4. The summed E-state index contributed by atoms with van der Waals surface area (Å²) in [6.45, 7) is 1.16. The Morgan fingerprint density at radius 2 is 1.86 bits per heavy atom. The lowest BCUT2D eigenvalue weighted by Gasteiger charge is -2.20. The van der Waals surface area contributed by atoms with Gasteiger partial charge in [-0.15, -0.1) is 11.8 Å². The third kappa shape index (κ3) is 5.85. The van der Waals surface area contributed by atoms with Gasteiger partial charge in [-0.05, 0) is 30.7 Å².